The van der Waals surface area contributed by atoms with Crippen LogP contribution in [0.5, 0.6) is 0 Å². The van der Waals surface area contributed by atoms with Crippen molar-refractivity contribution < 1.29 is 30.4 Å². The number of carbonyl (C=O) groups is 1. The fraction of sp³-hybridized carbons (Fsp3) is 0.533. The number of hydrogen-bond donors (Lipinski definition) is 0. The molecule has 1 amide bonds. The average Bonchev–Trinajstić information content (AvgIpc) is 2.59. The summed E-state index contributed by atoms with van der Waals surface area (Å²) < 4.78 is 70.2. The van der Waals surface area contributed by atoms with Crippen LogP contribution in [0.15, 0.2) is 29.2 Å². The summed E-state index contributed by atoms with van der Waals surface area (Å²) in [7, 11) is -7.73. The van der Waals surface area contributed by atoms with Gasteiger partial charge in [-0.05, 0) is 24.3 Å². The van der Waals surface area contributed by atoms with Crippen LogP contribution in [0, 0.1) is 0 Å². The number of hydrogen-bond acceptors (Lipinski definition) is 6. The molecule has 1 aromatic rings. The second kappa shape index (κ2) is 7.97. The van der Waals surface area contributed by atoms with Crippen LogP contribution < -0.4 is 0 Å². The van der Waals surface area contributed by atoms with Gasteiger partial charge in [-0.15, -0.1) is 0 Å². The van der Waals surface area contributed by atoms with Gasteiger partial charge >= 0.3 is 5.76 Å². The third-order valence-corrected chi connectivity index (χ3v) is 6.42. The van der Waals surface area contributed by atoms with Gasteiger partial charge in [-0.1, -0.05) is 0 Å². The van der Waals surface area contributed by atoms with Crippen LogP contribution in [0.3, 0.4) is 0 Å². The Kier molecular flexibility index (Phi) is 6.35. The molecule has 1 fully saturated rings. The zero-order valence-corrected chi connectivity index (χ0v) is 15.8. The third-order valence-electron chi connectivity index (χ3n) is 4.10. The number of benzene rings is 1. The second-order valence-corrected chi connectivity index (χ2v) is 10.3. The van der Waals surface area contributed by atoms with Crippen LogP contribution in [0.25, 0.3) is 0 Å². The van der Waals surface area contributed by atoms with Gasteiger partial charge in [0.1, 0.15) is 9.84 Å². The van der Waals surface area contributed by atoms with E-state index in [0.29, 0.717) is 32.7 Å². The summed E-state index contributed by atoms with van der Waals surface area (Å²) in [6.45, 7) is 2.26. The monoisotopic (exact) mass is 410 g/mol. The molecule has 0 N–H and O–H groups in total. The van der Waals surface area contributed by atoms with E-state index in [-0.39, 0.29) is 17.2 Å². The number of carbonyl (C=O) groups excluding carboxylic acids is 1. The van der Waals surface area contributed by atoms with Gasteiger partial charge < -0.3 is 4.90 Å². The Labute approximate surface area is 151 Å². The van der Waals surface area contributed by atoms with Gasteiger partial charge in [0, 0.05) is 44.5 Å². The number of rotatable bonds is 6. The standard InChI is InChI=1S/C15H20F2N2O5S2/c1-25(21,22)11-10-18-6-8-19(9-7-18)14(20)12-2-4-13(5-3-12)26(23,24)15(16)17/h2-5,15H,6-11H2,1H3. The third kappa shape index (κ3) is 5.21. The fourth-order valence-corrected chi connectivity index (χ4v) is 3.85. The Bertz CT molecular complexity index is 847. The molecule has 0 bridgehead atoms. The van der Waals surface area contributed by atoms with Gasteiger partial charge in [-0.25, -0.2) is 16.8 Å². The van der Waals surface area contributed by atoms with Crippen LogP contribution in [-0.4, -0.2) is 83.0 Å². The summed E-state index contributed by atoms with van der Waals surface area (Å²) in [6, 6.07) is 4.43. The maximum absolute atomic E-state index is 12.5. The minimum absolute atomic E-state index is 0.0566. The van der Waals surface area contributed by atoms with Gasteiger partial charge in [0.2, 0.25) is 9.84 Å². The first-order valence-electron chi connectivity index (χ1n) is 7.82. The SMILES string of the molecule is CS(=O)(=O)CCN1CCN(C(=O)c2ccc(S(=O)(=O)C(F)F)cc2)CC1. The van der Waals surface area contributed by atoms with Gasteiger partial charge in [0.25, 0.3) is 5.91 Å². The topological polar surface area (TPSA) is 91.8 Å². The molecule has 1 aliphatic heterocycles. The molecule has 0 atom stereocenters. The van der Waals surface area contributed by atoms with E-state index in [2.05, 4.69) is 0 Å². The molecule has 1 saturated heterocycles. The van der Waals surface area contributed by atoms with Crippen molar-refractivity contribution in [2.24, 2.45) is 0 Å². The molecule has 1 aromatic carbocycles. The zero-order chi connectivity index (χ0) is 19.5. The highest BCUT2D eigenvalue weighted by atomic mass is 32.2. The first-order chi connectivity index (χ1) is 12.0. The van der Waals surface area contributed by atoms with Crippen LogP contribution >= 0.6 is 0 Å². The van der Waals surface area contributed by atoms with E-state index in [4.69, 9.17) is 0 Å². The minimum Gasteiger partial charge on any atom is -0.336 e. The minimum atomic E-state index is -4.68. The summed E-state index contributed by atoms with van der Waals surface area (Å²) in [5, 5.41) is 0. The highest BCUT2D eigenvalue weighted by molar-refractivity contribution is 7.91. The van der Waals surface area contributed by atoms with Gasteiger partial charge in [-0.2, -0.15) is 8.78 Å². The van der Waals surface area contributed by atoms with Crippen molar-refractivity contribution in [2.45, 2.75) is 10.7 Å². The molecule has 0 aromatic heterocycles. The summed E-state index contributed by atoms with van der Waals surface area (Å²) in [5.41, 5.74) is 0.211. The van der Waals surface area contributed by atoms with Crippen molar-refractivity contribution >= 4 is 25.6 Å². The van der Waals surface area contributed by atoms with Crippen molar-refractivity contribution in [1.82, 2.24) is 9.80 Å². The Morgan fingerprint density at radius 2 is 1.58 bits per heavy atom. The smallest absolute Gasteiger partial charge is 0.336 e. The second-order valence-electron chi connectivity index (χ2n) is 6.09. The van der Waals surface area contributed by atoms with Crippen LogP contribution in [0.1, 0.15) is 10.4 Å². The highest BCUT2D eigenvalue weighted by Crippen LogP contribution is 2.19. The molecule has 0 saturated carbocycles. The molecular formula is C15H20F2N2O5S2. The molecule has 0 spiro atoms. The molecule has 1 heterocycles. The lowest BCUT2D eigenvalue weighted by molar-refractivity contribution is 0.0644. The van der Waals surface area contributed by atoms with E-state index >= 15 is 0 Å². The van der Waals surface area contributed by atoms with Crippen molar-refractivity contribution in [3.05, 3.63) is 29.8 Å². The van der Waals surface area contributed by atoms with Crippen LogP contribution in [-0.2, 0) is 19.7 Å². The van der Waals surface area contributed by atoms with Crippen molar-refractivity contribution in [3.63, 3.8) is 0 Å². The van der Waals surface area contributed by atoms with E-state index in [9.17, 15) is 30.4 Å². The first kappa shape index (κ1) is 20.7. The number of piperazine rings is 1. The highest BCUT2D eigenvalue weighted by Gasteiger charge is 2.27. The maximum atomic E-state index is 12.5. The Balaban J connectivity index is 1.96. The Morgan fingerprint density at radius 3 is 2.04 bits per heavy atom. The first-order valence-corrected chi connectivity index (χ1v) is 11.4. The van der Waals surface area contributed by atoms with Gasteiger partial charge in [0.15, 0.2) is 0 Å². The molecule has 0 radical (unpaired) electrons. The largest absolute Gasteiger partial charge is 0.341 e. The van der Waals surface area contributed by atoms with E-state index < -0.39 is 30.3 Å². The molecular weight excluding hydrogens is 390 g/mol. The maximum Gasteiger partial charge on any atom is 0.341 e. The predicted molar refractivity (Wildman–Crippen MR) is 91.7 cm³/mol. The summed E-state index contributed by atoms with van der Waals surface area (Å²) in [4.78, 5) is 15.4. The summed E-state index contributed by atoms with van der Waals surface area (Å²) in [6.07, 6.45) is 1.17. The quantitative estimate of drug-likeness (QED) is 0.678. The lowest BCUT2D eigenvalue weighted by atomic mass is 10.2. The molecule has 26 heavy (non-hydrogen) atoms. The molecule has 1 aliphatic rings. The van der Waals surface area contributed by atoms with Crippen molar-refractivity contribution in [3.8, 4) is 0 Å². The molecule has 0 unspecified atom stereocenters. The lowest BCUT2D eigenvalue weighted by Gasteiger charge is -2.34. The average molecular weight is 410 g/mol. The lowest BCUT2D eigenvalue weighted by Crippen LogP contribution is -2.49. The van der Waals surface area contributed by atoms with Crippen molar-refractivity contribution in [1.29, 1.82) is 0 Å². The van der Waals surface area contributed by atoms with E-state index in [1.165, 1.54) is 18.4 Å². The number of sulfone groups is 2. The summed E-state index contributed by atoms with van der Waals surface area (Å²) >= 11 is 0. The number of alkyl halides is 2. The van der Waals surface area contributed by atoms with E-state index in [1.807, 2.05) is 4.90 Å². The van der Waals surface area contributed by atoms with E-state index in [1.54, 1.807) is 4.90 Å². The number of halogens is 2. The summed E-state index contributed by atoms with van der Waals surface area (Å²) in [5.74, 6) is -3.78. The Hall–Kier alpha value is -1.59. The number of amides is 1. The predicted octanol–water partition coefficient (Wildman–Crippen LogP) is 0.485. The fourth-order valence-electron chi connectivity index (χ4n) is 2.54. The normalized spacial score (nSPS) is 16.8. The molecule has 7 nitrogen and oxygen atoms in total. The molecule has 11 heteroatoms. The Morgan fingerprint density at radius 1 is 1.04 bits per heavy atom. The van der Waals surface area contributed by atoms with Crippen LogP contribution in [0.4, 0.5) is 8.78 Å². The molecule has 0 aliphatic carbocycles. The van der Waals surface area contributed by atoms with Crippen LogP contribution in [0.2, 0.25) is 0 Å². The van der Waals surface area contributed by atoms with Gasteiger partial charge in [0.05, 0.1) is 10.6 Å². The number of nitrogens with zero attached hydrogens (tertiary/aromatic N) is 2. The van der Waals surface area contributed by atoms with Gasteiger partial charge in [-0.3, -0.25) is 9.69 Å². The van der Waals surface area contributed by atoms with E-state index in [0.717, 1.165) is 12.1 Å². The molecule has 2 rings (SSSR count). The van der Waals surface area contributed by atoms with Crippen molar-refractivity contribution in [2.75, 3.05) is 44.7 Å². The molecule has 146 valence electrons. The zero-order valence-electron chi connectivity index (χ0n) is 14.1.